The predicted octanol–water partition coefficient (Wildman–Crippen LogP) is 3.27. The van der Waals surface area contributed by atoms with Crippen molar-refractivity contribution in [1.29, 1.82) is 5.26 Å². The third kappa shape index (κ3) is 4.52. The van der Waals surface area contributed by atoms with E-state index in [0.717, 1.165) is 62.1 Å². The van der Waals surface area contributed by atoms with Crippen LogP contribution >= 0.6 is 11.3 Å². The summed E-state index contributed by atoms with van der Waals surface area (Å²) in [6.07, 6.45) is 5.88. The molecule has 232 valence electrons. The molecule has 0 unspecified atom stereocenters. The van der Waals surface area contributed by atoms with Gasteiger partial charge >= 0.3 is 6.01 Å². The number of nitriles is 1. The molecule has 4 fully saturated rings. The zero-order valence-electron chi connectivity index (χ0n) is 24.5. The molecule has 2 bridgehead atoms. The summed E-state index contributed by atoms with van der Waals surface area (Å²) in [4.78, 5) is 23.8. The molecular weight excluding hydrogens is 590 g/mol. The lowest BCUT2D eigenvalue weighted by Crippen LogP contribution is -2.51. The van der Waals surface area contributed by atoms with E-state index in [1.54, 1.807) is 0 Å². The molecule has 44 heavy (non-hydrogen) atoms. The highest BCUT2D eigenvalue weighted by molar-refractivity contribution is 7.16. The minimum atomic E-state index is -2.74. The summed E-state index contributed by atoms with van der Waals surface area (Å²) in [7, 11) is 0. The fourth-order valence-electron chi connectivity index (χ4n) is 8.13. The van der Waals surface area contributed by atoms with Crippen molar-refractivity contribution in [2.24, 2.45) is 0 Å². The number of nitrogens with two attached hydrogens (primary N) is 1. The van der Waals surface area contributed by atoms with Crippen LogP contribution in [0.25, 0.3) is 11.6 Å². The molecule has 4 atom stereocenters. The van der Waals surface area contributed by atoms with Gasteiger partial charge in [0.1, 0.15) is 17.7 Å². The van der Waals surface area contributed by atoms with E-state index in [-0.39, 0.29) is 37.2 Å². The molecule has 12 nitrogen and oxygen atoms in total. The topological polar surface area (TPSA) is 155 Å². The largest absolute Gasteiger partial charge is 0.461 e. The maximum Gasteiger partial charge on any atom is 0.321 e. The van der Waals surface area contributed by atoms with Gasteiger partial charge in [0, 0.05) is 42.0 Å². The van der Waals surface area contributed by atoms with Crippen LogP contribution in [0.3, 0.4) is 0 Å². The van der Waals surface area contributed by atoms with Crippen LogP contribution in [0.1, 0.15) is 73.8 Å². The number of thiophene rings is 1. The monoisotopic (exact) mass is 624 g/mol. The Bertz CT molecular complexity index is 1640. The van der Waals surface area contributed by atoms with Gasteiger partial charge in [-0.1, -0.05) is 5.16 Å². The molecule has 5 aliphatic rings. The van der Waals surface area contributed by atoms with Gasteiger partial charge in [-0.15, -0.1) is 11.3 Å². The van der Waals surface area contributed by atoms with E-state index in [1.165, 1.54) is 11.3 Å². The van der Waals surface area contributed by atoms with Crippen LogP contribution in [0.2, 0.25) is 0 Å². The van der Waals surface area contributed by atoms with Crippen LogP contribution in [0.15, 0.2) is 4.52 Å². The summed E-state index contributed by atoms with van der Waals surface area (Å²) in [5.41, 5.74) is 6.11. The summed E-state index contributed by atoms with van der Waals surface area (Å²) >= 11 is 1.44. The molecule has 8 rings (SSSR count). The Morgan fingerprint density at radius 2 is 1.95 bits per heavy atom. The predicted molar refractivity (Wildman–Crippen MR) is 157 cm³/mol. The second kappa shape index (κ2) is 10.0. The molecule has 0 amide bonds. The molecule has 3 aromatic rings. The molecule has 0 saturated carbocycles. The summed E-state index contributed by atoms with van der Waals surface area (Å²) in [5, 5.41) is 18.3. The fourth-order valence-corrected chi connectivity index (χ4v) is 9.32. The molecule has 7 heterocycles. The van der Waals surface area contributed by atoms with Crippen LogP contribution < -0.4 is 20.7 Å². The van der Waals surface area contributed by atoms with Crippen LogP contribution in [0, 0.1) is 11.3 Å². The highest BCUT2D eigenvalue weighted by Gasteiger charge is 2.57. The number of fused-ring (bicyclic) bond motifs is 4. The van der Waals surface area contributed by atoms with Crippen molar-refractivity contribution in [2.75, 3.05) is 43.4 Å². The number of ether oxygens (including phenoxy) is 1. The molecule has 3 N–H and O–H groups in total. The smallest absolute Gasteiger partial charge is 0.321 e. The Morgan fingerprint density at radius 1 is 1.14 bits per heavy atom. The molecule has 4 saturated heterocycles. The number of anilines is 2. The van der Waals surface area contributed by atoms with E-state index in [4.69, 9.17) is 25.0 Å². The lowest BCUT2D eigenvalue weighted by Gasteiger charge is -2.33. The summed E-state index contributed by atoms with van der Waals surface area (Å²) in [5.74, 6) is -1.58. The second-order valence-corrected chi connectivity index (χ2v) is 14.4. The van der Waals surface area contributed by atoms with E-state index >= 15 is 0 Å². The van der Waals surface area contributed by atoms with Gasteiger partial charge in [0.05, 0.1) is 23.1 Å². The summed E-state index contributed by atoms with van der Waals surface area (Å²) < 4.78 is 40.9. The van der Waals surface area contributed by atoms with Gasteiger partial charge < -0.3 is 25.2 Å². The molecule has 0 radical (unpaired) electrons. The van der Waals surface area contributed by atoms with Crippen molar-refractivity contribution in [3.63, 3.8) is 0 Å². The van der Waals surface area contributed by atoms with Crippen LogP contribution in [0.4, 0.5) is 19.7 Å². The number of nitrogen functional groups attached to an aromatic ring is 1. The summed E-state index contributed by atoms with van der Waals surface area (Å²) in [6.45, 7) is 3.92. The van der Waals surface area contributed by atoms with Gasteiger partial charge in [-0.25, -0.2) is 8.78 Å². The number of nitrogens with zero attached hydrogens (tertiary/aromatic N) is 8. The van der Waals surface area contributed by atoms with Crippen molar-refractivity contribution in [3.8, 4) is 23.7 Å². The molecule has 15 heteroatoms. The van der Waals surface area contributed by atoms with Crippen molar-refractivity contribution >= 4 is 22.3 Å². The molecule has 3 aromatic heterocycles. The highest BCUT2D eigenvalue weighted by atomic mass is 32.1. The SMILES string of the molecule is C[C@]1(c2nc(-c3nc(OC[C@@]45CCCN4CC(F)(F)C5)nc(N4C[C@H]5CC[C@@H](C4)N5)n3)no2)CCCc2sc(N)c(C#N)c21. The number of hydrogen-bond donors (Lipinski definition) is 2. The quantitative estimate of drug-likeness (QED) is 0.414. The van der Waals surface area contributed by atoms with E-state index in [2.05, 4.69) is 31.4 Å². The molecule has 1 aliphatic carbocycles. The molecular formula is C29H34F2N10O2S. The van der Waals surface area contributed by atoms with Gasteiger partial charge in [0.2, 0.25) is 23.5 Å². The number of hydrogen-bond acceptors (Lipinski definition) is 13. The Balaban J connectivity index is 1.14. The Hall–Kier alpha value is -3.48. The number of aryl methyl sites for hydroxylation is 1. The van der Waals surface area contributed by atoms with E-state index in [0.29, 0.717) is 47.5 Å². The van der Waals surface area contributed by atoms with E-state index < -0.39 is 16.9 Å². The fraction of sp³-hybridized carbons (Fsp3) is 0.655. The zero-order valence-corrected chi connectivity index (χ0v) is 25.3. The zero-order chi connectivity index (χ0) is 30.3. The van der Waals surface area contributed by atoms with E-state index in [1.807, 2.05) is 11.8 Å². The third-order valence-electron chi connectivity index (χ3n) is 10.2. The van der Waals surface area contributed by atoms with Gasteiger partial charge in [0.25, 0.3) is 5.92 Å². The Labute approximate surface area is 257 Å². The number of rotatable bonds is 6. The first kappa shape index (κ1) is 28.0. The van der Waals surface area contributed by atoms with Gasteiger partial charge in [-0.3, -0.25) is 4.90 Å². The molecule has 4 aliphatic heterocycles. The first-order valence-corrected chi connectivity index (χ1v) is 16.2. The standard InChI is InChI=1S/C29H34F2N10O2S/c1-27(7-2-4-19-20(27)18(10-32)21(33)44-19)24-35-23(39-43-24)22-36-25(40-11-16-5-6-17(12-40)34-16)38-26(37-22)42-15-28-8-3-9-41(28)14-29(30,31)13-28/h16-17,34H,2-9,11-15,33H2,1H3/t16-,17+,27-,28-/m0/s1. The van der Waals surface area contributed by atoms with Gasteiger partial charge in [-0.2, -0.15) is 25.2 Å². The molecule has 0 spiro atoms. The maximum atomic E-state index is 14.4. The third-order valence-corrected chi connectivity index (χ3v) is 11.3. The van der Waals surface area contributed by atoms with Crippen molar-refractivity contribution in [1.82, 2.24) is 35.3 Å². The van der Waals surface area contributed by atoms with Gasteiger partial charge in [-0.05, 0) is 58.4 Å². The Kier molecular flexibility index (Phi) is 6.38. The number of nitrogens with one attached hydrogen (secondary N) is 1. The minimum Gasteiger partial charge on any atom is -0.461 e. The number of piperazine rings is 1. The lowest BCUT2D eigenvalue weighted by atomic mass is 9.72. The van der Waals surface area contributed by atoms with E-state index in [9.17, 15) is 14.0 Å². The van der Waals surface area contributed by atoms with Crippen molar-refractivity contribution < 1.29 is 18.0 Å². The Morgan fingerprint density at radius 3 is 2.75 bits per heavy atom. The number of halogens is 2. The summed E-state index contributed by atoms with van der Waals surface area (Å²) in [6, 6.07) is 3.01. The lowest BCUT2D eigenvalue weighted by molar-refractivity contribution is 0.00803. The number of aromatic nitrogens is 5. The van der Waals surface area contributed by atoms with Crippen molar-refractivity contribution in [3.05, 3.63) is 21.9 Å². The average Bonchev–Trinajstić information content (AvgIpc) is 3.80. The van der Waals surface area contributed by atoms with Gasteiger partial charge in [0.15, 0.2) is 0 Å². The average molecular weight is 625 g/mol. The minimum absolute atomic E-state index is 0.0576. The van der Waals surface area contributed by atoms with Crippen LogP contribution in [-0.2, 0) is 11.8 Å². The highest BCUT2D eigenvalue weighted by Crippen LogP contribution is 2.49. The first-order valence-electron chi connectivity index (χ1n) is 15.3. The maximum absolute atomic E-state index is 14.4. The van der Waals surface area contributed by atoms with Crippen LogP contribution in [-0.4, -0.2) is 86.3 Å². The first-order chi connectivity index (χ1) is 21.1. The molecule has 0 aromatic carbocycles. The van der Waals surface area contributed by atoms with Crippen molar-refractivity contribution in [2.45, 2.75) is 87.3 Å². The second-order valence-electron chi connectivity index (χ2n) is 13.2. The van der Waals surface area contributed by atoms with Crippen LogP contribution in [0.5, 0.6) is 6.01 Å². The normalized spacial score (nSPS) is 30.7. The number of alkyl halides is 2.